The second kappa shape index (κ2) is 6.19. The number of carbonyl (C=O) groups is 1. The molecule has 1 unspecified atom stereocenters. The molecule has 2 heterocycles. The van der Waals surface area contributed by atoms with E-state index in [0.29, 0.717) is 6.42 Å². The molecule has 4 heteroatoms. The number of piperidine rings is 2. The Bertz CT molecular complexity index is 328. The fourth-order valence-electron chi connectivity index (χ4n) is 2.91. The van der Waals surface area contributed by atoms with E-state index in [2.05, 4.69) is 18.0 Å². The molecule has 0 spiro atoms. The molecule has 1 amide bonds. The molecule has 0 aromatic carbocycles. The van der Waals surface area contributed by atoms with Crippen LogP contribution in [0.4, 0.5) is 0 Å². The first kappa shape index (κ1) is 13.4. The molecule has 4 nitrogen and oxygen atoms in total. The van der Waals surface area contributed by atoms with Gasteiger partial charge in [-0.05, 0) is 51.7 Å². The molecule has 1 atom stereocenters. The van der Waals surface area contributed by atoms with Crippen LogP contribution in [0.3, 0.4) is 0 Å². The van der Waals surface area contributed by atoms with Crippen LogP contribution in [0.25, 0.3) is 0 Å². The maximum absolute atomic E-state index is 11.9. The molecule has 0 aromatic heterocycles. The molecule has 0 aromatic rings. The first-order chi connectivity index (χ1) is 8.69. The summed E-state index contributed by atoms with van der Waals surface area (Å²) in [6, 6.07) is 2.21. The molecule has 18 heavy (non-hydrogen) atoms. The van der Waals surface area contributed by atoms with Gasteiger partial charge in [-0.25, -0.2) is 0 Å². The van der Waals surface area contributed by atoms with Gasteiger partial charge in [-0.2, -0.15) is 5.26 Å². The smallest absolute Gasteiger partial charge is 0.223 e. The fourth-order valence-corrected chi connectivity index (χ4v) is 2.91. The quantitative estimate of drug-likeness (QED) is 0.761. The zero-order valence-corrected chi connectivity index (χ0v) is 11.3. The minimum absolute atomic E-state index is 0.0444. The summed E-state index contributed by atoms with van der Waals surface area (Å²) < 4.78 is 0. The molecule has 0 aliphatic carbocycles. The van der Waals surface area contributed by atoms with Crippen molar-refractivity contribution in [2.45, 2.75) is 32.1 Å². The molecule has 2 rings (SSSR count). The Labute approximate surface area is 110 Å². The van der Waals surface area contributed by atoms with E-state index in [-0.39, 0.29) is 11.8 Å². The molecule has 0 saturated carbocycles. The Kier molecular flexibility index (Phi) is 4.60. The third kappa shape index (κ3) is 3.46. The lowest BCUT2D eigenvalue weighted by Gasteiger charge is -2.33. The summed E-state index contributed by atoms with van der Waals surface area (Å²) in [5.74, 6) is 0.917. The van der Waals surface area contributed by atoms with Crippen molar-refractivity contribution in [1.82, 2.24) is 9.80 Å². The van der Waals surface area contributed by atoms with Gasteiger partial charge < -0.3 is 9.80 Å². The Morgan fingerprint density at radius 2 is 2.00 bits per heavy atom. The lowest BCUT2D eigenvalue weighted by Crippen LogP contribution is -2.40. The molecule has 2 aliphatic heterocycles. The van der Waals surface area contributed by atoms with E-state index in [9.17, 15) is 4.79 Å². The number of amides is 1. The molecule has 0 radical (unpaired) electrons. The van der Waals surface area contributed by atoms with Crippen molar-refractivity contribution < 1.29 is 4.79 Å². The van der Waals surface area contributed by atoms with Gasteiger partial charge in [-0.3, -0.25) is 4.79 Å². The predicted molar refractivity (Wildman–Crippen MR) is 69.8 cm³/mol. The second-order valence-corrected chi connectivity index (χ2v) is 5.73. The number of nitriles is 1. The van der Waals surface area contributed by atoms with Crippen molar-refractivity contribution in [3.05, 3.63) is 0 Å². The van der Waals surface area contributed by atoms with E-state index >= 15 is 0 Å². The topological polar surface area (TPSA) is 47.3 Å². The van der Waals surface area contributed by atoms with E-state index in [4.69, 9.17) is 5.26 Å². The van der Waals surface area contributed by atoms with Crippen molar-refractivity contribution in [2.75, 3.05) is 33.2 Å². The van der Waals surface area contributed by atoms with Gasteiger partial charge in [0.25, 0.3) is 0 Å². The number of hydrogen-bond acceptors (Lipinski definition) is 3. The Hall–Kier alpha value is -1.08. The first-order valence-corrected chi connectivity index (χ1v) is 7.05. The summed E-state index contributed by atoms with van der Waals surface area (Å²) in [4.78, 5) is 16.2. The van der Waals surface area contributed by atoms with E-state index in [1.165, 1.54) is 25.9 Å². The summed E-state index contributed by atoms with van der Waals surface area (Å²) in [6.07, 6.45) is 4.95. The molecule has 0 bridgehead atoms. The number of rotatable bonds is 3. The minimum atomic E-state index is -0.0444. The molecule has 2 fully saturated rings. The Morgan fingerprint density at radius 1 is 1.28 bits per heavy atom. The van der Waals surface area contributed by atoms with Crippen LogP contribution in [0.1, 0.15) is 32.1 Å². The first-order valence-electron chi connectivity index (χ1n) is 7.05. The fraction of sp³-hybridized carbons (Fsp3) is 0.857. The highest BCUT2D eigenvalue weighted by Crippen LogP contribution is 2.22. The van der Waals surface area contributed by atoms with Gasteiger partial charge in [0.2, 0.25) is 5.91 Å². The van der Waals surface area contributed by atoms with Gasteiger partial charge >= 0.3 is 0 Å². The van der Waals surface area contributed by atoms with Crippen LogP contribution in [-0.4, -0.2) is 48.9 Å². The summed E-state index contributed by atoms with van der Waals surface area (Å²) in [6.45, 7) is 4.05. The van der Waals surface area contributed by atoms with Gasteiger partial charge in [0.05, 0.1) is 12.0 Å². The van der Waals surface area contributed by atoms with E-state index in [1.807, 2.05) is 4.90 Å². The third-order valence-electron chi connectivity index (χ3n) is 4.35. The van der Waals surface area contributed by atoms with Gasteiger partial charge in [0, 0.05) is 19.5 Å². The van der Waals surface area contributed by atoms with Crippen molar-refractivity contribution in [3.8, 4) is 6.07 Å². The zero-order chi connectivity index (χ0) is 13.0. The van der Waals surface area contributed by atoms with Crippen molar-refractivity contribution in [1.29, 1.82) is 5.26 Å². The largest absolute Gasteiger partial charge is 0.343 e. The maximum Gasteiger partial charge on any atom is 0.223 e. The van der Waals surface area contributed by atoms with E-state index < -0.39 is 0 Å². The zero-order valence-electron chi connectivity index (χ0n) is 11.3. The summed E-state index contributed by atoms with van der Waals surface area (Å²) >= 11 is 0. The summed E-state index contributed by atoms with van der Waals surface area (Å²) in [7, 11) is 2.17. The Morgan fingerprint density at radius 3 is 2.61 bits per heavy atom. The van der Waals surface area contributed by atoms with Crippen molar-refractivity contribution >= 4 is 5.91 Å². The van der Waals surface area contributed by atoms with Gasteiger partial charge in [0.15, 0.2) is 0 Å². The van der Waals surface area contributed by atoms with Crippen LogP contribution in [0.2, 0.25) is 0 Å². The second-order valence-electron chi connectivity index (χ2n) is 5.73. The normalized spacial score (nSPS) is 27.2. The highest BCUT2D eigenvalue weighted by molar-refractivity contribution is 5.77. The van der Waals surface area contributed by atoms with Crippen LogP contribution in [-0.2, 0) is 4.79 Å². The summed E-state index contributed by atoms with van der Waals surface area (Å²) in [5, 5.41) is 8.83. The number of hydrogen-bond donors (Lipinski definition) is 0. The highest BCUT2D eigenvalue weighted by atomic mass is 16.2. The van der Waals surface area contributed by atoms with Crippen LogP contribution in [0.5, 0.6) is 0 Å². The van der Waals surface area contributed by atoms with Crippen LogP contribution in [0.15, 0.2) is 0 Å². The standard InChI is InChI=1S/C14H23N3O/c1-16-6-2-12(3-7-16)4-8-17-9-5-13(11-15)10-14(17)18/h12-13H,2-10H2,1H3. The van der Waals surface area contributed by atoms with Crippen LogP contribution < -0.4 is 0 Å². The third-order valence-corrected chi connectivity index (χ3v) is 4.35. The number of nitrogens with zero attached hydrogens (tertiary/aromatic N) is 3. The minimum Gasteiger partial charge on any atom is -0.343 e. The van der Waals surface area contributed by atoms with Crippen LogP contribution >= 0.6 is 0 Å². The predicted octanol–water partition coefficient (Wildman–Crippen LogP) is 1.48. The van der Waals surface area contributed by atoms with Gasteiger partial charge in [-0.1, -0.05) is 0 Å². The Balaban J connectivity index is 1.71. The van der Waals surface area contributed by atoms with Crippen molar-refractivity contribution in [3.63, 3.8) is 0 Å². The van der Waals surface area contributed by atoms with E-state index in [1.54, 1.807) is 0 Å². The highest BCUT2D eigenvalue weighted by Gasteiger charge is 2.26. The van der Waals surface area contributed by atoms with Crippen LogP contribution in [0, 0.1) is 23.2 Å². The van der Waals surface area contributed by atoms with Gasteiger partial charge in [0.1, 0.15) is 0 Å². The van der Waals surface area contributed by atoms with E-state index in [0.717, 1.165) is 31.8 Å². The molecule has 100 valence electrons. The molecular weight excluding hydrogens is 226 g/mol. The van der Waals surface area contributed by atoms with Gasteiger partial charge in [-0.15, -0.1) is 0 Å². The lowest BCUT2D eigenvalue weighted by atomic mass is 9.92. The molecular formula is C14H23N3O. The SMILES string of the molecule is CN1CCC(CCN2CCC(C#N)CC2=O)CC1. The monoisotopic (exact) mass is 249 g/mol. The average Bonchev–Trinajstić information content (AvgIpc) is 2.39. The lowest BCUT2D eigenvalue weighted by molar-refractivity contribution is -0.134. The summed E-state index contributed by atoms with van der Waals surface area (Å²) in [5.41, 5.74) is 0. The number of carbonyl (C=O) groups excluding carboxylic acids is 1. The number of likely N-dealkylation sites (tertiary alicyclic amines) is 2. The average molecular weight is 249 g/mol. The van der Waals surface area contributed by atoms with Crippen molar-refractivity contribution in [2.24, 2.45) is 11.8 Å². The maximum atomic E-state index is 11.9. The molecule has 2 aliphatic rings. The molecule has 2 saturated heterocycles. The molecule has 0 N–H and O–H groups in total.